The van der Waals surface area contributed by atoms with Crippen molar-refractivity contribution in [2.24, 2.45) is 0 Å². The lowest BCUT2D eigenvalue weighted by molar-refractivity contribution is 0.0311. The number of hydrogen-bond donors (Lipinski definition) is 1. The van der Waals surface area contributed by atoms with Gasteiger partial charge in [-0.15, -0.1) is 11.3 Å². The molecule has 5 nitrogen and oxygen atoms in total. The zero-order valence-corrected chi connectivity index (χ0v) is 13.0. The summed E-state index contributed by atoms with van der Waals surface area (Å²) in [5.74, 6) is 0.680. The third-order valence-corrected chi connectivity index (χ3v) is 4.78. The highest BCUT2D eigenvalue weighted by molar-refractivity contribution is 7.13. The predicted molar refractivity (Wildman–Crippen MR) is 82.9 cm³/mol. The quantitative estimate of drug-likeness (QED) is 0.939. The summed E-state index contributed by atoms with van der Waals surface area (Å²) < 4.78 is 0. The van der Waals surface area contributed by atoms with Gasteiger partial charge in [0.15, 0.2) is 10.8 Å². The molecule has 0 aromatic carbocycles. The van der Waals surface area contributed by atoms with Crippen molar-refractivity contribution in [3.63, 3.8) is 0 Å². The van der Waals surface area contributed by atoms with E-state index in [0.29, 0.717) is 5.82 Å². The maximum Gasteiger partial charge on any atom is 0.188 e. The Hall–Kier alpha value is -1.37. The van der Waals surface area contributed by atoms with Gasteiger partial charge in [-0.1, -0.05) is 6.42 Å². The molecule has 3 rings (SSSR count). The third-order valence-electron chi connectivity index (χ3n) is 3.89. The number of thiazole rings is 1. The summed E-state index contributed by atoms with van der Waals surface area (Å²) in [6.45, 7) is 3.70. The van der Waals surface area contributed by atoms with Gasteiger partial charge in [-0.2, -0.15) is 0 Å². The zero-order chi connectivity index (χ0) is 14.7. The number of piperidine rings is 1. The van der Waals surface area contributed by atoms with E-state index in [1.165, 1.54) is 12.8 Å². The molecule has 112 valence electrons. The van der Waals surface area contributed by atoms with Crippen LogP contribution >= 0.6 is 11.3 Å². The van der Waals surface area contributed by atoms with E-state index in [9.17, 15) is 5.11 Å². The molecule has 0 radical (unpaired) electrons. The summed E-state index contributed by atoms with van der Waals surface area (Å²) in [4.78, 5) is 15.5. The second-order valence-corrected chi connectivity index (χ2v) is 6.35. The molecule has 0 spiro atoms. The second kappa shape index (κ2) is 6.60. The van der Waals surface area contributed by atoms with Crippen LogP contribution in [0, 0.1) is 0 Å². The van der Waals surface area contributed by atoms with Crippen molar-refractivity contribution in [3.05, 3.63) is 29.5 Å². The largest absolute Gasteiger partial charge is 0.392 e. The molecule has 0 aliphatic carbocycles. The number of nitrogens with zero attached hydrogens (tertiary/aromatic N) is 4. The smallest absolute Gasteiger partial charge is 0.188 e. The molecule has 1 saturated heterocycles. The first-order valence-corrected chi connectivity index (χ1v) is 8.26. The van der Waals surface area contributed by atoms with Crippen LogP contribution in [0.25, 0.3) is 10.8 Å². The van der Waals surface area contributed by atoms with Gasteiger partial charge >= 0.3 is 0 Å². The van der Waals surface area contributed by atoms with Crippen LogP contribution in [0.2, 0.25) is 0 Å². The van der Waals surface area contributed by atoms with Crippen molar-refractivity contribution >= 4 is 11.3 Å². The van der Waals surface area contributed by atoms with E-state index in [4.69, 9.17) is 0 Å². The fourth-order valence-corrected chi connectivity index (χ4v) is 3.61. The van der Waals surface area contributed by atoms with Crippen LogP contribution < -0.4 is 0 Å². The summed E-state index contributed by atoms with van der Waals surface area (Å²) >= 11 is 1.58. The molecule has 6 heteroatoms. The topological polar surface area (TPSA) is 62.1 Å². The molecule has 1 aliphatic heterocycles. The molecule has 2 aromatic heterocycles. The highest BCUT2D eigenvalue weighted by Crippen LogP contribution is 2.24. The van der Waals surface area contributed by atoms with E-state index in [0.717, 1.165) is 30.2 Å². The van der Waals surface area contributed by atoms with Gasteiger partial charge < -0.3 is 5.11 Å². The van der Waals surface area contributed by atoms with E-state index < -0.39 is 0 Å². The fraction of sp³-hybridized carbons (Fsp3) is 0.533. The van der Waals surface area contributed by atoms with Gasteiger partial charge in [-0.25, -0.2) is 15.0 Å². The number of likely N-dealkylation sites (tertiary alicyclic amines) is 1. The molecule has 0 amide bonds. The average Bonchev–Trinajstić information content (AvgIpc) is 2.97. The van der Waals surface area contributed by atoms with Gasteiger partial charge in [0.05, 0.1) is 11.8 Å². The lowest BCUT2D eigenvalue weighted by atomic mass is 9.98. The fourth-order valence-electron chi connectivity index (χ4n) is 2.86. The van der Waals surface area contributed by atoms with Crippen LogP contribution in [0.4, 0.5) is 0 Å². The summed E-state index contributed by atoms with van der Waals surface area (Å²) in [6.07, 6.45) is 6.64. The van der Waals surface area contributed by atoms with Gasteiger partial charge in [0.2, 0.25) is 0 Å². The number of rotatable bonds is 4. The number of hydrogen-bond acceptors (Lipinski definition) is 6. The number of aliphatic hydroxyl groups is 1. The summed E-state index contributed by atoms with van der Waals surface area (Å²) in [5.41, 5.74) is 1.04. The van der Waals surface area contributed by atoms with E-state index in [1.54, 1.807) is 29.8 Å². The van der Waals surface area contributed by atoms with Gasteiger partial charge in [0, 0.05) is 30.4 Å². The van der Waals surface area contributed by atoms with Crippen molar-refractivity contribution in [1.29, 1.82) is 0 Å². The normalized spacial score (nSPS) is 21.3. The van der Waals surface area contributed by atoms with E-state index >= 15 is 0 Å². The molecule has 0 bridgehead atoms. The molecule has 1 aliphatic rings. The Balaban J connectivity index is 1.72. The van der Waals surface area contributed by atoms with Gasteiger partial charge in [-0.3, -0.25) is 4.90 Å². The van der Waals surface area contributed by atoms with Crippen LogP contribution in [-0.2, 0) is 6.54 Å². The molecule has 2 aromatic rings. The lowest BCUT2D eigenvalue weighted by Gasteiger charge is -2.36. The molecule has 1 fully saturated rings. The van der Waals surface area contributed by atoms with Gasteiger partial charge in [0.25, 0.3) is 0 Å². The monoisotopic (exact) mass is 304 g/mol. The summed E-state index contributed by atoms with van der Waals surface area (Å²) in [5, 5.41) is 12.9. The minimum absolute atomic E-state index is 0.247. The summed E-state index contributed by atoms with van der Waals surface area (Å²) in [6, 6.07) is 2.05. The summed E-state index contributed by atoms with van der Waals surface area (Å²) in [7, 11) is 0. The van der Waals surface area contributed by atoms with Crippen molar-refractivity contribution < 1.29 is 5.11 Å². The SMILES string of the molecule is C[C@@H](O)[C@@H]1CCCCN1Cc1csc(-c2ncccn2)n1. The van der Waals surface area contributed by atoms with Crippen LogP contribution in [0.15, 0.2) is 23.8 Å². The van der Waals surface area contributed by atoms with Crippen LogP contribution in [-0.4, -0.2) is 43.6 Å². The molecule has 1 N–H and O–H groups in total. The maximum atomic E-state index is 9.93. The molecule has 0 saturated carbocycles. The molecule has 2 atom stereocenters. The standard InChI is InChI=1S/C15H20N4OS/c1-11(20)13-5-2-3-8-19(13)9-12-10-21-15(18-12)14-16-6-4-7-17-14/h4,6-7,10-11,13,20H,2-3,5,8-9H2,1H3/t11-,13+/m1/s1. The minimum atomic E-state index is -0.291. The van der Waals surface area contributed by atoms with Crippen molar-refractivity contribution in [1.82, 2.24) is 19.9 Å². The first kappa shape index (κ1) is 14.6. The predicted octanol–water partition coefficient (Wildman–Crippen LogP) is 2.34. The van der Waals surface area contributed by atoms with Gasteiger partial charge in [0.1, 0.15) is 0 Å². The third kappa shape index (κ3) is 3.45. The van der Waals surface area contributed by atoms with Crippen LogP contribution in [0.3, 0.4) is 0 Å². The van der Waals surface area contributed by atoms with E-state index in [1.807, 2.05) is 6.92 Å². The first-order valence-electron chi connectivity index (χ1n) is 7.38. The van der Waals surface area contributed by atoms with E-state index in [-0.39, 0.29) is 12.1 Å². The molecular weight excluding hydrogens is 284 g/mol. The molecule has 0 unspecified atom stereocenters. The van der Waals surface area contributed by atoms with Crippen LogP contribution in [0.1, 0.15) is 31.9 Å². The Kier molecular flexibility index (Phi) is 4.57. The average molecular weight is 304 g/mol. The molecule has 21 heavy (non-hydrogen) atoms. The Morgan fingerprint density at radius 1 is 1.38 bits per heavy atom. The first-order chi connectivity index (χ1) is 10.2. The Bertz CT molecular complexity index is 572. The van der Waals surface area contributed by atoms with Crippen LogP contribution in [0.5, 0.6) is 0 Å². The second-order valence-electron chi connectivity index (χ2n) is 5.49. The Morgan fingerprint density at radius 2 is 2.19 bits per heavy atom. The number of aliphatic hydroxyl groups excluding tert-OH is 1. The molecular formula is C15H20N4OS. The number of aromatic nitrogens is 3. The maximum absolute atomic E-state index is 9.93. The Labute approximate surface area is 128 Å². The highest BCUT2D eigenvalue weighted by atomic mass is 32.1. The van der Waals surface area contributed by atoms with Crippen molar-refractivity contribution in [2.75, 3.05) is 6.54 Å². The minimum Gasteiger partial charge on any atom is -0.392 e. The molecule has 3 heterocycles. The Morgan fingerprint density at radius 3 is 2.95 bits per heavy atom. The van der Waals surface area contributed by atoms with Crippen molar-refractivity contribution in [3.8, 4) is 10.8 Å². The zero-order valence-electron chi connectivity index (χ0n) is 12.1. The highest BCUT2D eigenvalue weighted by Gasteiger charge is 2.26. The lowest BCUT2D eigenvalue weighted by Crippen LogP contribution is -2.45. The van der Waals surface area contributed by atoms with E-state index in [2.05, 4.69) is 25.2 Å². The van der Waals surface area contributed by atoms with Crippen molar-refractivity contribution in [2.45, 2.75) is 44.9 Å². The van der Waals surface area contributed by atoms with Gasteiger partial charge in [-0.05, 0) is 32.4 Å².